The van der Waals surface area contributed by atoms with Gasteiger partial charge in [0.15, 0.2) is 0 Å². The molecule has 1 N–H and O–H groups in total. The predicted molar refractivity (Wildman–Crippen MR) is 106 cm³/mol. The number of hydrogen-bond acceptors (Lipinski definition) is 3. The van der Waals surface area contributed by atoms with Crippen LogP contribution in [0.25, 0.3) is 0 Å². The minimum atomic E-state index is -4.27. The third kappa shape index (κ3) is 5.09. The highest BCUT2D eigenvalue weighted by Crippen LogP contribution is 2.37. The maximum atomic E-state index is 13.3. The fraction of sp³-hybridized carbons (Fsp3) is 0.409. The maximum absolute atomic E-state index is 13.3. The van der Waals surface area contributed by atoms with E-state index >= 15 is 0 Å². The quantitative estimate of drug-likeness (QED) is 0.763. The van der Waals surface area contributed by atoms with Gasteiger partial charge in [-0.2, -0.15) is 13.2 Å². The number of carbonyl (C=O) groups is 1. The first-order chi connectivity index (χ1) is 13.8. The van der Waals surface area contributed by atoms with Gasteiger partial charge in [-0.15, -0.1) is 0 Å². The van der Waals surface area contributed by atoms with Crippen molar-refractivity contribution in [1.29, 1.82) is 0 Å². The minimum absolute atomic E-state index is 0.0921. The van der Waals surface area contributed by atoms with Crippen LogP contribution in [0.5, 0.6) is 5.75 Å². The van der Waals surface area contributed by atoms with Gasteiger partial charge in [-0.25, -0.2) is 0 Å². The lowest BCUT2D eigenvalue weighted by Crippen LogP contribution is -2.46. The number of piperidine rings is 1. The van der Waals surface area contributed by atoms with Gasteiger partial charge in [-0.3, -0.25) is 9.69 Å². The van der Waals surface area contributed by atoms with Gasteiger partial charge in [0.25, 0.3) is 0 Å². The summed E-state index contributed by atoms with van der Waals surface area (Å²) in [6.07, 6.45) is -3.78. The fourth-order valence-electron chi connectivity index (χ4n) is 3.79. The van der Waals surface area contributed by atoms with Gasteiger partial charge >= 0.3 is 6.18 Å². The molecule has 0 bridgehead atoms. The summed E-state index contributed by atoms with van der Waals surface area (Å²) in [5.74, 6) is -1.30. The van der Waals surface area contributed by atoms with Crippen molar-refractivity contribution in [3.63, 3.8) is 0 Å². The van der Waals surface area contributed by atoms with Crippen LogP contribution in [0.1, 0.15) is 30.0 Å². The third-order valence-corrected chi connectivity index (χ3v) is 5.26. The molecule has 2 aromatic carbocycles. The first kappa shape index (κ1) is 21.2. The molecule has 0 spiro atoms. The molecular weight excluding hydrogens is 381 g/mol. The van der Waals surface area contributed by atoms with Crippen molar-refractivity contribution in [2.75, 3.05) is 25.5 Å². The van der Waals surface area contributed by atoms with Crippen molar-refractivity contribution in [2.45, 2.75) is 32.0 Å². The van der Waals surface area contributed by atoms with Crippen molar-refractivity contribution >= 4 is 11.6 Å². The van der Waals surface area contributed by atoms with Crippen molar-refractivity contribution in [2.24, 2.45) is 5.92 Å². The summed E-state index contributed by atoms with van der Waals surface area (Å²) >= 11 is 0. The fourth-order valence-corrected chi connectivity index (χ4v) is 3.79. The van der Waals surface area contributed by atoms with E-state index in [0.29, 0.717) is 30.0 Å². The van der Waals surface area contributed by atoms with Gasteiger partial charge in [0, 0.05) is 6.54 Å². The van der Waals surface area contributed by atoms with Crippen LogP contribution in [0.2, 0.25) is 0 Å². The first-order valence-electron chi connectivity index (χ1n) is 9.61. The van der Waals surface area contributed by atoms with E-state index in [2.05, 4.69) is 5.32 Å². The van der Waals surface area contributed by atoms with E-state index in [1.165, 1.54) is 7.11 Å². The lowest BCUT2D eigenvalue weighted by Gasteiger charge is -2.38. The summed E-state index contributed by atoms with van der Waals surface area (Å²) in [6, 6.07) is 13.5. The number of amides is 1. The summed E-state index contributed by atoms with van der Waals surface area (Å²) in [5.41, 5.74) is 2.11. The Labute approximate surface area is 168 Å². The van der Waals surface area contributed by atoms with E-state index in [4.69, 9.17) is 4.74 Å². The molecule has 1 fully saturated rings. The molecule has 2 aromatic rings. The summed E-state index contributed by atoms with van der Waals surface area (Å²) < 4.78 is 45.3. The SMILES string of the molecule is COc1ccc(C)cc1NC(=O)[C@H](c1ccccc1)N1CCC[C@@H](C(F)(F)F)C1. The zero-order valence-electron chi connectivity index (χ0n) is 16.5. The van der Waals surface area contributed by atoms with Crippen molar-refractivity contribution in [3.05, 3.63) is 59.7 Å². The summed E-state index contributed by atoms with van der Waals surface area (Å²) in [7, 11) is 1.51. The average molecular weight is 406 g/mol. The topological polar surface area (TPSA) is 41.6 Å². The Morgan fingerprint density at radius 1 is 1.21 bits per heavy atom. The Morgan fingerprint density at radius 3 is 2.59 bits per heavy atom. The molecule has 0 aliphatic carbocycles. The number of anilines is 1. The lowest BCUT2D eigenvalue weighted by molar-refractivity contribution is -0.189. The molecule has 1 saturated heterocycles. The molecule has 3 rings (SSSR count). The number of alkyl halides is 3. The molecule has 2 atom stereocenters. The number of likely N-dealkylation sites (tertiary alicyclic amines) is 1. The average Bonchev–Trinajstić information content (AvgIpc) is 2.69. The highest BCUT2D eigenvalue weighted by Gasteiger charge is 2.44. The zero-order chi connectivity index (χ0) is 21.0. The van der Waals surface area contributed by atoms with E-state index in [1.54, 1.807) is 41.3 Å². The molecule has 0 saturated carbocycles. The molecule has 7 heteroatoms. The van der Waals surface area contributed by atoms with Crippen LogP contribution >= 0.6 is 0 Å². The van der Waals surface area contributed by atoms with E-state index in [1.807, 2.05) is 19.1 Å². The van der Waals surface area contributed by atoms with E-state index in [0.717, 1.165) is 5.56 Å². The Hall–Kier alpha value is -2.54. The van der Waals surface area contributed by atoms with Crippen molar-refractivity contribution in [3.8, 4) is 5.75 Å². The van der Waals surface area contributed by atoms with Crippen molar-refractivity contribution in [1.82, 2.24) is 4.90 Å². The molecule has 1 aliphatic heterocycles. The molecule has 4 nitrogen and oxygen atoms in total. The second-order valence-electron chi connectivity index (χ2n) is 7.38. The number of methoxy groups -OCH3 is 1. The van der Waals surface area contributed by atoms with Crippen LogP contribution in [-0.4, -0.2) is 37.2 Å². The standard InChI is InChI=1S/C22H25F3N2O2/c1-15-10-11-19(29-2)18(13-15)26-21(28)20(16-7-4-3-5-8-16)27-12-6-9-17(14-27)22(23,24)25/h3-5,7-8,10-11,13,17,20H,6,9,12,14H2,1-2H3,(H,26,28)/t17-,20+/m1/s1. The molecule has 0 aromatic heterocycles. The van der Waals surface area contributed by atoms with Crippen molar-refractivity contribution < 1.29 is 22.7 Å². The van der Waals surface area contributed by atoms with E-state index in [9.17, 15) is 18.0 Å². The summed E-state index contributed by atoms with van der Waals surface area (Å²) in [4.78, 5) is 14.9. The van der Waals surface area contributed by atoms with Gasteiger partial charge in [0.05, 0.1) is 18.7 Å². The highest BCUT2D eigenvalue weighted by molar-refractivity contribution is 5.96. The van der Waals surface area contributed by atoms with Gasteiger partial charge in [0.2, 0.25) is 5.91 Å². The number of nitrogens with one attached hydrogen (secondary N) is 1. The molecule has 0 unspecified atom stereocenters. The molecule has 1 heterocycles. The van der Waals surface area contributed by atoms with Crippen LogP contribution in [-0.2, 0) is 4.79 Å². The number of hydrogen-bond donors (Lipinski definition) is 1. The Balaban J connectivity index is 1.90. The Morgan fingerprint density at radius 2 is 1.93 bits per heavy atom. The monoisotopic (exact) mass is 406 g/mol. The molecule has 0 radical (unpaired) electrons. The van der Waals surface area contributed by atoms with Crippen LogP contribution in [0.4, 0.5) is 18.9 Å². The summed E-state index contributed by atoms with van der Waals surface area (Å²) in [5, 5.41) is 2.86. The van der Waals surface area contributed by atoms with Gasteiger partial charge in [-0.05, 0) is 49.6 Å². The van der Waals surface area contributed by atoms with Gasteiger partial charge in [0.1, 0.15) is 11.8 Å². The number of benzene rings is 2. The number of ether oxygens (including phenoxy) is 1. The number of carbonyl (C=O) groups excluding carboxylic acids is 1. The third-order valence-electron chi connectivity index (χ3n) is 5.26. The second kappa shape index (κ2) is 8.86. The number of halogens is 3. The highest BCUT2D eigenvalue weighted by atomic mass is 19.4. The number of rotatable bonds is 5. The second-order valence-corrected chi connectivity index (χ2v) is 7.38. The number of nitrogens with zero attached hydrogens (tertiary/aromatic N) is 1. The smallest absolute Gasteiger partial charge is 0.393 e. The molecular formula is C22H25F3N2O2. The van der Waals surface area contributed by atoms with Crippen LogP contribution in [0.15, 0.2) is 48.5 Å². The van der Waals surface area contributed by atoms with Crippen LogP contribution in [0, 0.1) is 12.8 Å². The maximum Gasteiger partial charge on any atom is 0.393 e. The molecule has 156 valence electrons. The Kier molecular flexibility index (Phi) is 6.47. The molecule has 29 heavy (non-hydrogen) atoms. The first-order valence-corrected chi connectivity index (χ1v) is 9.61. The van der Waals surface area contributed by atoms with E-state index < -0.39 is 18.1 Å². The normalized spacial score (nSPS) is 18.9. The lowest BCUT2D eigenvalue weighted by atomic mass is 9.94. The van der Waals surface area contributed by atoms with Crippen LogP contribution in [0.3, 0.4) is 0 Å². The minimum Gasteiger partial charge on any atom is -0.495 e. The van der Waals surface area contributed by atoms with E-state index in [-0.39, 0.29) is 18.9 Å². The van der Waals surface area contributed by atoms with Crippen LogP contribution < -0.4 is 10.1 Å². The molecule has 1 amide bonds. The van der Waals surface area contributed by atoms with Gasteiger partial charge in [-0.1, -0.05) is 36.4 Å². The Bertz CT molecular complexity index is 840. The molecule has 1 aliphatic rings. The predicted octanol–water partition coefficient (Wildman–Crippen LogP) is 4.96. The summed E-state index contributed by atoms with van der Waals surface area (Å²) in [6.45, 7) is 2.13. The number of aryl methyl sites for hydroxylation is 1. The van der Waals surface area contributed by atoms with Gasteiger partial charge < -0.3 is 10.1 Å². The largest absolute Gasteiger partial charge is 0.495 e. The zero-order valence-corrected chi connectivity index (χ0v) is 16.5.